The Hall–Kier alpha value is -3.69. The van der Waals surface area contributed by atoms with Crippen LogP contribution in [0, 0.1) is 0 Å². The van der Waals surface area contributed by atoms with Gasteiger partial charge < -0.3 is 10.2 Å². The highest BCUT2D eigenvalue weighted by Crippen LogP contribution is 2.49. The Bertz CT molecular complexity index is 2550. The molecule has 1 aliphatic carbocycles. The van der Waals surface area contributed by atoms with Crippen molar-refractivity contribution in [1.29, 1.82) is 0 Å². The van der Waals surface area contributed by atoms with Crippen molar-refractivity contribution < 1.29 is 56.5 Å². The fourth-order valence-electron chi connectivity index (χ4n) is 7.86. The summed E-state index contributed by atoms with van der Waals surface area (Å²) in [5, 5.41) is 3.32. The summed E-state index contributed by atoms with van der Waals surface area (Å²) in [7, 11) is -15.7. The highest BCUT2D eigenvalue weighted by Gasteiger charge is 2.45. The van der Waals surface area contributed by atoms with Gasteiger partial charge in [-0.2, -0.15) is 38.2 Å². The lowest BCUT2D eigenvalue weighted by Crippen LogP contribution is -2.28. The molecule has 19 heteroatoms. The highest BCUT2D eigenvalue weighted by molar-refractivity contribution is 7.86. The normalized spacial score (nSPS) is 20.1. The third-order valence-electron chi connectivity index (χ3n) is 10.6. The van der Waals surface area contributed by atoms with Crippen LogP contribution in [-0.4, -0.2) is 93.8 Å². The first-order valence-corrected chi connectivity index (χ1v) is 23.9. The standard InChI is InChI=1S/C37H47N3O12S4/c1-36(2)29-23-27(55(47,48)49)13-15-31(29)39(19-7-21-53(41,42)43)33(36)17-11-25-9-6-10-26(35(25)38-5)12-18-34-37(3,4)30-24-28(56(50,51)52)14-16-32(30)40(34)20-8-22-54(44,45)46/h11-18,23-24H,6-10,19-22H2,1-5H3,(H4,41,42,43,44,45,46,47,48,49,50,51,52)/p+1/b25-11+,33-17-. The van der Waals surface area contributed by atoms with Gasteiger partial charge in [0.25, 0.3) is 40.5 Å². The van der Waals surface area contributed by atoms with E-state index in [0.717, 1.165) is 34.7 Å². The molecule has 0 amide bonds. The van der Waals surface area contributed by atoms with Crippen LogP contribution in [0.3, 0.4) is 0 Å². The molecule has 0 unspecified atom stereocenters. The number of likely N-dealkylation sites (N-methyl/N-ethyl adjacent to an activating group) is 1. The van der Waals surface area contributed by atoms with Crippen molar-refractivity contribution in [3.63, 3.8) is 0 Å². The van der Waals surface area contributed by atoms with E-state index < -0.39 is 62.8 Å². The van der Waals surface area contributed by atoms with E-state index in [1.807, 2.05) is 61.5 Å². The Morgan fingerprint density at radius 2 is 1.34 bits per heavy atom. The van der Waals surface area contributed by atoms with Gasteiger partial charge in [-0.15, -0.1) is 0 Å². The maximum Gasteiger partial charge on any atom is 0.294 e. The van der Waals surface area contributed by atoms with Gasteiger partial charge in [0.15, 0.2) is 5.71 Å². The van der Waals surface area contributed by atoms with Crippen molar-refractivity contribution in [1.82, 2.24) is 5.32 Å². The molecule has 2 aromatic rings. The molecule has 0 saturated carbocycles. The van der Waals surface area contributed by atoms with Gasteiger partial charge in [0, 0.05) is 60.2 Å². The van der Waals surface area contributed by atoms with Crippen LogP contribution in [0.1, 0.15) is 70.9 Å². The number of fused-ring (bicyclic) bond motifs is 2. The zero-order valence-electron chi connectivity index (χ0n) is 31.7. The summed E-state index contributed by atoms with van der Waals surface area (Å²) in [6.45, 7) is 7.99. The van der Waals surface area contributed by atoms with Gasteiger partial charge in [-0.3, -0.25) is 18.2 Å². The first-order chi connectivity index (χ1) is 25.8. The van der Waals surface area contributed by atoms with Gasteiger partial charge >= 0.3 is 0 Å². The monoisotopic (exact) mass is 854 g/mol. The minimum absolute atomic E-state index is 0.0852. The molecule has 5 rings (SSSR count). The molecule has 5 N–H and O–H groups in total. The number of rotatable bonds is 14. The van der Waals surface area contributed by atoms with Crippen molar-refractivity contribution >= 4 is 57.6 Å². The van der Waals surface area contributed by atoms with E-state index in [1.54, 1.807) is 19.2 Å². The topological polar surface area (TPSA) is 236 Å². The van der Waals surface area contributed by atoms with Crippen LogP contribution in [0.2, 0.25) is 0 Å². The third kappa shape index (κ3) is 9.36. The Labute approximate surface area is 329 Å². The van der Waals surface area contributed by atoms with E-state index in [9.17, 15) is 51.9 Å². The molecule has 0 aromatic heterocycles. The largest absolute Gasteiger partial charge is 0.388 e. The number of benzene rings is 2. The van der Waals surface area contributed by atoms with E-state index in [0.29, 0.717) is 35.3 Å². The molecule has 0 fully saturated rings. The number of allylic oxidation sites excluding steroid dienone is 7. The van der Waals surface area contributed by atoms with Crippen molar-refractivity contribution in [2.45, 2.75) is 80.4 Å². The quantitative estimate of drug-likeness (QED) is 0.125. The average Bonchev–Trinajstić information content (AvgIpc) is 3.41. The Kier molecular flexibility index (Phi) is 12.1. The second-order valence-electron chi connectivity index (χ2n) is 15.1. The Balaban J connectivity index is 1.57. The second kappa shape index (κ2) is 15.6. The van der Waals surface area contributed by atoms with Crippen LogP contribution in [0.4, 0.5) is 11.4 Å². The van der Waals surface area contributed by atoms with Crippen molar-refractivity contribution in [2.75, 3.05) is 36.5 Å². The van der Waals surface area contributed by atoms with Gasteiger partial charge in [0.1, 0.15) is 6.54 Å². The Morgan fingerprint density at radius 1 is 0.750 bits per heavy atom. The van der Waals surface area contributed by atoms with Crippen LogP contribution in [-0.2, 0) is 51.3 Å². The SMILES string of the molecule is CNC1=C(/C=C/C2=[N+](CCCS(=O)(=O)O)c3ccc(S(=O)(=O)O)cc3C2(C)C)CCC/C1=C\C=C1/N(CCCS(=O)(=O)O)c2ccc(S(=O)(=O)O)cc2C1(C)C. The highest BCUT2D eigenvalue weighted by atomic mass is 32.2. The number of hydrogen-bond donors (Lipinski definition) is 5. The molecule has 0 radical (unpaired) electrons. The van der Waals surface area contributed by atoms with Crippen LogP contribution in [0.25, 0.3) is 0 Å². The van der Waals surface area contributed by atoms with E-state index >= 15 is 0 Å². The van der Waals surface area contributed by atoms with Crippen LogP contribution < -0.4 is 10.2 Å². The van der Waals surface area contributed by atoms with Gasteiger partial charge in [-0.25, -0.2) is 0 Å². The summed E-state index contributed by atoms with van der Waals surface area (Å²) in [5.41, 5.74) is 5.20. The summed E-state index contributed by atoms with van der Waals surface area (Å²) < 4.78 is 135. The first kappa shape index (κ1) is 43.4. The van der Waals surface area contributed by atoms with Crippen molar-refractivity contribution in [3.8, 4) is 0 Å². The smallest absolute Gasteiger partial charge is 0.294 e. The fraction of sp³-hybridized carbons (Fsp3) is 0.432. The summed E-state index contributed by atoms with van der Waals surface area (Å²) in [5.74, 6) is -0.945. The molecule has 2 heterocycles. The lowest BCUT2D eigenvalue weighted by atomic mass is 9.81. The molecule has 2 aliphatic heterocycles. The van der Waals surface area contributed by atoms with E-state index in [4.69, 9.17) is 0 Å². The predicted octanol–water partition coefficient (Wildman–Crippen LogP) is 4.93. The molecule has 0 spiro atoms. The predicted molar refractivity (Wildman–Crippen MR) is 213 cm³/mol. The van der Waals surface area contributed by atoms with Crippen LogP contribution in [0.15, 0.2) is 93.0 Å². The lowest BCUT2D eigenvalue weighted by Gasteiger charge is -2.27. The second-order valence-corrected chi connectivity index (χ2v) is 21.1. The lowest BCUT2D eigenvalue weighted by molar-refractivity contribution is -0.437. The molecule has 15 nitrogen and oxygen atoms in total. The van der Waals surface area contributed by atoms with E-state index in [2.05, 4.69) is 5.32 Å². The molecule has 0 atom stereocenters. The molecular formula is C37H48N3O12S4+. The van der Waals surface area contributed by atoms with Gasteiger partial charge in [-0.05, 0) is 92.6 Å². The zero-order valence-corrected chi connectivity index (χ0v) is 35.0. The molecule has 2 aromatic carbocycles. The molecule has 56 heavy (non-hydrogen) atoms. The summed E-state index contributed by atoms with van der Waals surface area (Å²) in [6.07, 6.45) is 10.1. The Morgan fingerprint density at radius 3 is 1.93 bits per heavy atom. The van der Waals surface area contributed by atoms with Crippen LogP contribution >= 0.6 is 0 Å². The first-order valence-electron chi connectivity index (χ1n) is 17.8. The number of hydrogen-bond acceptors (Lipinski definition) is 10. The van der Waals surface area contributed by atoms with Crippen molar-refractivity contribution in [2.24, 2.45) is 0 Å². The molecule has 306 valence electrons. The maximum atomic E-state index is 12.0. The maximum absolute atomic E-state index is 12.0. The number of nitrogens with one attached hydrogen (secondary N) is 1. The van der Waals surface area contributed by atoms with Gasteiger partial charge in [-0.1, -0.05) is 26.0 Å². The minimum Gasteiger partial charge on any atom is -0.388 e. The average molecular weight is 855 g/mol. The number of anilines is 1. The molecule has 0 saturated heterocycles. The zero-order chi connectivity index (χ0) is 41.6. The van der Waals surface area contributed by atoms with E-state index in [1.165, 1.54) is 24.3 Å². The third-order valence-corrected chi connectivity index (χ3v) is 13.9. The fourth-order valence-corrected chi connectivity index (χ4v) is 9.86. The minimum atomic E-state index is -4.51. The summed E-state index contributed by atoms with van der Waals surface area (Å²) >= 11 is 0. The van der Waals surface area contributed by atoms with Gasteiger partial charge in [0.05, 0.1) is 26.7 Å². The van der Waals surface area contributed by atoms with Crippen molar-refractivity contribution in [3.05, 3.63) is 94.4 Å². The summed E-state index contributed by atoms with van der Waals surface area (Å²) in [6, 6.07) is 8.53. The molecular weight excluding hydrogens is 807 g/mol. The molecule has 3 aliphatic rings. The van der Waals surface area contributed by atoms with E-state index in [-0.39, 0.29) is 35.7 Å². The molecule has 0 bridgehead atoms. The summed E-state index contributed by atoms with van der Waals surface area (Å²) in [4.78, 5) is 1.35. The van der Waals surface area contributed by atoms with Gasteiger partial charge in [0.2, 0.25) is 5.69 Å². The number of nitrogens with zero attached hydrogens (tertiary/aromatic N) is 2. The van der Waals surface area contributed by atoms with Crippen LogP contribution in [0.5, 0.6) is 0 Å².